The van der Waals surface area contributed by atoms with Crippen molar-refractivity contribution in [3.8, 4) is 0 Å². The minimum Gasteiger partial charge on any atom is -0.462 e. The van der Waals surface area contributed by atoms with Crippen LogP contribution in [-0.2, 0) is 143 Å². The largest absolute Gasteiger partial charge is 0.462 e. The van der Waals surface area contributed by atoms with Gasteiger partial charge >= 0.3 is 77.6 Å². The van der Waals surface area contributed by atoms with Crippen molar-refractivity contribution in [3.63, 3.8) is 0 Å². The van der Waals surface area contributed by atoms with Gasteiger partial charge in [-0.05, 0) is 36.0 Å². The number of esters is 13. The van der Waals surface area contributed by atoms with Crippen molar-refractivity contribution in [2.75, 3.05) is 52.6 Å². The first-order valence-electron chi connectivity index (χ1n) is 32.7. The summed E-state index contributed by atoms with van der Waals surface area (Å²) in [6, 6.07) is 8.07. The summed E-state index contributed by atoms with van der Waals surface area (Å²) in [5.74, 6) is -8.81. The van der Waals surface area contributed by atoms with Crippen LogP contribution in [0.2, 0.25) is 0 Å². The standard InChI is InChI=1S/C21H24O11.C18H29NO9S.C16H22O10S.C10H21NO5S/c1-11(22)28-16(10-27-20(26)15-8-6-5-7-9-15)17-18(29-12(2)23)19(30-13(3)24)21(32-17)31-14(4)25;1-7-19(8-2)29-18-17(27-13(6)23)16(26-12(5)22)15(28-18)14(25-11(4)21)9-24-10(3)20;1-7(17)22-6-12(23-8(2)18)13-14(24-9(3)19)15(25-10(4)20)16(26-13)27-11(5)21;1-3-11(4-2)17-10-8(15)7(14)9(16-10)6(13)5-12/h5-9,16-19,21H,10H2,1-4H3;14-18H,7-9H2,1-6H3;12-16H,6H2,1-5H3;6-10,12-15H,3-5H2,1-2H3/t16-,17-,18+,19-,21?;14-,15-,16+,17-,18+;12-,13-,14+,15-,16+;6-,7-,8-,9-,10+/m1111/s1. The summed E-state index contributed by atoms with van der Waals surface area (Å²) in [6.07, 6.45) is -19.6. The fraction of sp³-hybridized carbons (Fsp3) is 0.692. The molecule has 1 unspecified atom stereocenters. The van der Waals surface area contributed by atoms with Crippen LogP contribution in [0.3, 0.4) is 0 Å². The van der Waals surface area contributed by atoms with E-state index in [1.807, 2.05) is 36.3 Å². The Kier molecular flexibility index (Phi) is 42.3. The molecule has 40 heteroatoms. The van der Waals surface area contributed by atoms with E-state index in [1.165, 1.54) is 77.6 Å². The van der Waals surface area contributed by atoms with Crippen LogP contribution in [0.15, 0.2) is 30.3 Å². The smallest absolute Gasteiger partial charge is 0.338 e. The monoisotopic (exact) mass is 1560 g/mol. The molecule has 20 atom stereocenters. The van der Waals surface area contributed by atoms with E-state index < -0.39 is 211 Å². The predicted molar refractivity (Wildman–Crippen MR) is 361 cm³/mol. The number of aliphatic hydroxyl groups is 4. The van der Waals surface area contributed by atoms with Crippen LogP contribution in [0.25, 0.3) is 0 Å². The van der Waals surface area contributed by atoms with Gasteiger partial charge in [0.05, 0.1) is 12.2 Å². The topological polar surface area (TPSA) is 483 Å². The van der Waals surface area contributed by atoms with Crippen LogP contribution in [0.1, 0.15) is 128 Å². The van der Waals surface area contributed by atoms with E-state index in [1.54, 1.807) is 18.2 Å². The molecule has 4 heterocycles. The Hall–Kier alpha value is -7.35. The number of thioether (sulfide) groups is 1. The molecule has 594 valence electrons. The predicted octanol–water partition coefficient (Wildman–Crippen LogP) is 1.11. The van der Waals surface area contributed by atoms with Crippen molar-refractivity contribution < 1.29 is 168 Å². The summed E-state index contributed by atoms with van der Waals surface area (Å²) < 4.78 is 94.1. The third kappa shape index (κ3) is 33.1. The maximum absolute atomic E-state index is 12.3. The van der Waals surface area contributed by atoms with Crippen LogP contribution in [0.5, 0.6) is 0 Å². The first kappa shape index (κ1) is 93.7. The van der Waals surface area contributed by atoms with Crippen molar-refractivity contribution in [2.45, 2.75) is 238 Å². The number of rotatable bonds is 31. The van der Waals surface area contributed by atoms with Gasteiger partial charge in [-0.3, -0.25) is 62.3 Å². The van der Waals surface area contributed by atoms with Gasteiger partial charge in [0.15, 0.2) is 64.8 Å². The summed E-state index contributed by atoms with van der Waals surface area (Å²) in [4.78, 5) is 162. The highest BCUT2D eigenvalue weighted by molar-refractivity contribution is 8.14. The van der Waals surface area contributed by atoms with Gasteiger partial charge in [-0.1, -0.05) is 57.7 Å². The highest BCUT2D eigenvalue weighted by Crippen LogP contribution is 2.40. The van der Waals surface area contributed by atoms with E-state index in [2.05, 4.69) is 0 Å². The summed E-state index contributed by atoms with van der Waals surface area (Å²) >= 11 is 3.33. The van der Waals surface area contributed by atoms with Gasteiger partial charge in [0, 0.05) is 116 Å². The molecule has 1 aromatic carbocycles. The van der Waals surface area contributed by atoms with Crippen LogP contribution in [-0.4, -0.2) is 285 Å². The van der Waals surface area contributed by atoms with Gasteiger partial charge in [-0.2, -0.15) is 0 Å². The molecular weight excluding hydrogens is 1460 g/mol. The first-order valence-corrected chi connectivity index (χ1v) is 35.3. The maximum atomic E-state index is 12.3. The SMILES string of the molecule is CC(=O)OC1O[C@H]([C@@H](COC(=O)c2ccccc2)OC(C)=O)[C@H](OC(C)=O)[C@H]1OC(C)=O.CC(=O)OC[C@@H](OC(C)=O)[C@H]1O[C@@H](SC(C)=O)[C@H](OC(C)=O)[C@H]1OC(C)=O.CCN(CC)S[C@@H]1O[C@H]([C@@H](COC(C)=O)OC(C)=O)[C@H](OC(C)=O)[C@H]1OC(C)=O.CCN(CC)S[C@@H]1O[C@H]([C@H](O)CO)[C@H](O)[C@H]1O. The lowest BCUT2D eigenvalue weighted by molar-refractivity contribution is -0.202. The lowest BCUT2D eigenvalue weighted by Gasteiger charge is -2.27. The zero-order chi connectivity index (χ0) is 79.7. The van der Waals surface area contributed by atoms with E-state index in [0.717, 1.165) is 73.3 Å². The molecule has 0 aliphatic carbocycles. The maximum Gasteiger partial charge on any atom is 0.338 e. The molecule has 4 fully saturated rings. The molecule has 0 spiro atoms. The minimum atomic E-state index is -1.45. The summed E-state index contributed by atoms with van der Waals surface area (Å²) in [7, 11) is 0. The highest BCUT2D eigenvalue weighted by atomic mass is 32.2. The second-order valence-electron chi connectivity index (χ2n) is 22.7. The van der Waals surface area contributed by atoms with Crippen LogP contribution in [0, 0.1) is 0 Å². The Morgan fingerprint density at radius 3 is 1.10 bits per heavy atom. The first-order chi connectivity index (χ1) is 49.2. The van der Waals surface area contributed by atoms with Crippen LogP contribution >= 0.6 is 35.7 Å². The second-order valence-corrected chi connectivity index (χ2v) is 26.4. The molecule has 0 amide bonds. The molecule has 4 saturated heterocycles. The molecule has 0 radical (unpaired) electrons. The van der Waals surface area contributed by atoms with Gasteiger partial charge in [0.25, 0.3) is 0 Å². The Balaban J connectivity index is 0.000000485. The zero-order valence-electron chi connectivity index (χ0n) is 61.2. The van der Waals surface area contributed by atoms with E-state index >= 15 is 0 Å². The number of carbonyl (C=O) groups is 14. The van der Waals surface area contributed by atoms with Crippen molar-refractivity contribution in [2.24, 2.45) is 0 Å². The fourth-order valence-corrected chi connectivity index (χ4v) is 13.0. The number of aliphatic hydroxyl groups excluding tert-OH is 4. The minimum absolute atomic E-state index is 0.258. The van der Waals surface area contributed by atoms with Crippen molar-refractivity contribution in [1.29, 1.82) is 0 Å². The lowest BCUT2D eigenvalue weighted by Crippen LogP contribution is -2.47. The molecule has 4 N–H and O–H groups in total. The molecule has 0 bridgehead atoms. The molecule has 0 aromatic heterocycles. The van der Waals surface area contributed by atoms with Gasteiger partial charge in [0.1, 0.15) is 68.0 Å². The van der Waals surface area contributed by atoms with E-state index in [4.69, 9.17) is 85.6 Å². The molecule has 105 heavy (non-hydrogen) atoms. The molecular formula is C65H96N2O35S3. The number of hydrogen-bond donors (Lipinski definition) is 4. The van der Waals surface area contributed by atoms with Crippen LogP contribution in [0.4, 0.5) is 0 Å². The Bertz CT molecular complexity index is 3030. The van der Waals surface area contributed by atoms with E-state index in [-0.39, 0.29) is 23.9 Å². The molecule has 4 aliphatic rings. The third-order valence-electron chi connectivity index (χ3n) is 14.1. The number of ether oxygens (including phenoxy) is 17. The molecule has 37 nitrogen and oxygen atoms in total. The third-order valence-corrected chi connectivity index (χ3v) is 17.8. The Morgan fingerprint density at radius 1 is 0.400 bits per heavy atom. The number of nitrogens with zero attached hydrogens (tertiary/aromatic N) is 2. The van der Waals surface area contributed by atoms with Crippen molar-refractivity contribution in [3.05, 3.63) is 35.9 Å². The lowest BCUT2D eigenvalue weighted by atomic mass is 10.1. The average Bonchev–Trinajstić information content (AvgIpc) is 1.67. The highest BCUT2D eigenvalue weighted by Gasteiger charge is 2.57. The van der Waals surface area contributed by atoms with E-state index in [9.17, 15) is 82.4 Å². The summed E-state index contributed by atoms with van der Waals surface area (Å²) in [5, 5.41) is 37.4. The Labute approximate surface area is 618 Å². The number of hydrogen-bond acceptors (Lipinski definition) is 40. The quantitative estimate of drug-likeness (QED) is 0.0459. The van der Waals surface area contributed by atoms with Crippen molar-refractivity contribution >= 4 is 118 Å². The van der Waals surface area contributed by atoms with Gasteiger partial charge in [0.2, 0.25) is 12.4 Å². The summed E-state index contributed by atoms with van der Waals surface area (Å²) in [6.45, 7) is 24.4. The normalized spacial score (nSPS) is 26.0. The molecule has 4 aliphatic heterocycles. The van der Waals surface area contributed by atoms with Gasteiger partial charge in [-0.25, -0.2) is 13.4 Å². The zero-order valence-corrected chi connectivity index (χ0v) is 63.6. The van der Waals surface area contributed by atoms with Crippen molar-refractivity contribution in [1.82, 2.24) is 8.61 Å². The van der Waals surface area contributed by atoms with Gasteiger partial charge < -0.3 is 101 Å². The average molecular weight is 1560 g/mol. The number of benzene rings is 1. The molecule has 5 rings (SSSR count). The van der Waals surface area contributed by atoms with Crippen LogP contribution < -0.4 is 0 Å². The Morgan fingerprint density at radius 2 is 0.733 bits per heavy atom. The summed E-state index contributed by atoms with van der Waals surface area (Å²) in [5.41, 5.74) is -2.08. The van der Waals surface area contributed by atoms with E-state index in [0.29, 0.717) is 13.1 Å². The molecule has 1 aromatic rings. The molecule has 0 saturated carbocycles. The van der Waals surface area contributed by atoms with Gasteiger partial charge in [-0.15, -0.1) is 0 Å². The number of carbonyl (C=O) groups excluding carboxylic acids is 14. The fourth-order valence-electron chi connectivity index (χ4n) is 10.0. The second kappa shape index (κ2) is 47.4.